The van der Waals surface area contributed by atoms with Gasteiger partial charge in [-0.3, -0.25) is 4.79 Å². The van der Waals surface area contributed by atoms with Gasteiger partial charge >= 0.3 is 11.9 Å². The number of aromatic carboxylic acids is 1. The van der Waals surface area contributed by atoms with Crippen LogP contribution < -0.4 is 0 Å². The number of rotatable bonds is 6. The van der Waals surface area contributed by atoms with Crippen molar-refractivity contribution < 1.29 is 24.2 Å². The zero-order chi connectivity index (χ0) is 14.4. The second kappa shape index (κ2) is 6.49. The maximum Gasteiger partial charge on any atom is 0.339 e. The van der Waals surface area contributed by atoms with Crippen LogP contribution in [0.15, 0.2) is 36.9 Å². The first-order valence-corrected chi connectivity index (χ1v) is 5.70. The van der Waals surface area contributed by atoms with E-state index in [1.807, 2.05) is 0 Å². The molecule has 5 nitrogen and oxygen atoms in total. The Morgan fingerprint density at radius 1 is 1.32 bits per heavy atom. The van der Waals surface area contributed by atoms with E-state index in [1.165, 1.54) is 24.3 Å². The third-order valence-corrected chi connectivity index (χ3v) is 2.52. The summed E-state index contributed by atoms with van der Waals surface area (Å²) in [6.45, 7) is 5.00. The molecule has 0 aliphatic carbocycles. The molecule has 100 valence electrons. The van der Waals surface area contributed by atoms with Crippen molar-refractivity contribution >= 4 is 17.7 Å². The second-order valence-corrected chi connectivity index (χ2v) is 3.76. The quantitative estimate of drug-likeness (QED) is 0.627. The fourth-order valence-corrected chi connectivity index (χ4v) is 1.51. The molecule has 1 rings (SSSR count). The normalized spacial score (nSPS) is 11.4. The van der Waals surface area contributed by atoms with Crippen LogP contribution in [0.1, 0.15) is 34.1 Å². The number of carbonyl (C=O) groups excluding carboxylic acids is 2. The number of carbonyl (C=O) groups is 3. The smallest absolute Gasteiger partial charge is 0.339 e. The van der Waals surface area contributed by atoms with Gasteiger partial charge < -0.3 is 9.84 Å². The number of hydrogen-bond acceptors (Lipinski definition) is 4. The van der Waals surface area contributed by atoms with Gasteiger partial charge in [-0.25, -0.2) is 9.59 Å². The van der Waals surface area contributed by atoms with Crippen LogP contribution >= 0.6 is 0 Å². The number of esters is 1. The maximum atomic E-state index is 11.9. The van der Waals surface area contributed by atoms with Crippen molar-refractivity contribution in [3.63, 3.8) is 0 Å². The highest BCUT2D eigenvalue weighted by molar-refractivity contribution is 6.03. The predicted molar refractivity (Wildman–Crippen MR) is 68.1 cm³/mol. The van der Waals surface area contributed by atoms with Crippen molar-refractivity contribution in [3.8, 4) is 0 Å². The van der Waals surface area contributed by atoms with Gasteiger partial charge in [0.05, 0.1) is 11.1 Å². The summed E-state index contributed by atoms with van der Waals surface area (Å²) >= 11 is 0. The number of ketones is 1. The molecule has 1 aromatic rings. The highest BCUT2D eigenvalue weighted by Crippen LogP contribution is 2.13. The molecule has 0 heterocycles. The summed E-state index contributed by atoms with van der Waals surface area (Å²) in [5.41, 5.74) is -0.237. The lowest BCUT2D eigenvalue weighted by Gasteiger charge is -2.14. The summed E-state index contributed by atoms with van der Waals surface area (Å²) in [6.07, 6.45) is 0.433. The van der Waals surface area contributed by atoms with E-state index in [2.05, 4.69) is 6.58 Å². The predicted octanol–water partition coefficient (Wildman–Crippen LogP) is 2.08. The molecule has 0 aliphatic heterocycles. The van der Waals surface area contributed by atoms with E-state index in [-0.39, 0.29) is 11.1 Å². The minimum atomic E-state index is -1.23. The Balaban J connectivity index is 2.98. The lowest BCUT2D eigenvalue weighted by Crippen LogP contribution is -2.26. The number of benzene rings is 1. The molecule has 0 aromatic heterocycles. The molecule has 1 aromatic carbocycles. The molecule has 5 heteroatoms. The molecule has 0 saturated heterocycles. The van der Waals surface area contributed by atoms with Crippen molar-refractivity contribution in [3.05, 3.63) is 48.0 Å². The lowest BCUT2D eigenvalue weighted by atomic mass is 10.1. The van der Waals surface area contributed by atoms with Gasteiger partial charge in [0, 0.05) is 0 Å². The van der Waals surface area contributed by atoms with Crippen LogP contribution in [0.2, 0.25) is 0 Å². The number of carboxylic acid groups (broad SMARTS) is 1. The molecule has 1 unspecified atom stereocenters. The topological polar surface area (TPSA) is 80.7 Å². The van der Waals surface area contributed by atoms with E-state index in [1.54, 1.807) is 6.92 Å². The summed E-state index contributed by atoms with van der Waals surface area (Å²) in [5.74, 6) is -2.47. The van der Waals surface area contributed by atoms with E-state index in [9.17, 15) is 14.4 Å². The molecule has 1 N–H and O–H groups in total. The van der Waals surface area contributed by atoms with Gasteiger partial charge in [-0.1, -0.05) is 25.6 Å². The van der Waals surface area contributed by atoms with Gasteiger partial charge in [-0.15, -0.1) is 0 Å². The molecule has 0 fully saturated rings. The van der Waals surface area contributed by atoms with Gasteiger partial charge in [0.25, 0.3) is 0 Å². The minimum absolute atomic E-state index is 0.0784. The molecule has 0 spiro atoms. The zero-order valence-corrected chi connectivity index (χ0v) is 10.5. The number of hydrogen-bond donors (Lipinski definition) is 1. The Hall–Kier alpha value is -2.43. The molecule has 0 bridgehead atoms. The van der Waals surface area contributed by atoms with E-state index in [0.717, 1.165) is 6.08 Å². The molecule has 1 atom stereocenters. The first-order chi connectivity index (χ1) is 9.01. The van der Waals surface area contributed by atoms with Crippen LogP contribution in [0.3, 0.4) is 0 Å². The van der Waals surface area contributed by atoms with Crippen LogP contribution in [0.4, 0.5) is 0 Å². The summed E-state index contributed by atoms with van der Waals surface area (Å²) in [5, 5.41) is 8.97. The SMILES string of the molecule is C=CC(=O)C(CC)OC(=O)c1ccccc1C(=O)O. The second-order valence-electron chi connectivity index (χ2n) is 3.76. The van der Waals surface area contributed by atoms with Crippen molar-refractivity contribution in [2.45, 2.75) is 19.4 Å². The highest BCUT2D eigenvalue weighted by Gasteiger charge is 2.22. The summed E-state index contributed by atoms with van der Waals surface area (Å²) in [4.78, 5) is 34.3. The van der Waals surface area contributed by atoms with Gasteiger partial charge in [-0.05, 0) is 24.6 Å². The van der Waals surface area contributed by atoms with Crippen molar-refractivity contribution in [2.24, 2.45) is 0 Å². The Morgan fingerprint density at radius 3 is 2.37 bits per heavy atom. The average Bonchev–Trinajstić information content (AvgIpc) is 2.43. The first kappa shape index (κ1) is 14.6. The van der Waals surface area contributed by atoms with Gasteiger partial charge in [0.15, 0.2) is 11.9 Å². The molecule has 0 amide bonds. The van der Waals surface area contributed by atoms with Gasteiger partial charge in [-0.2, -0.15) is 0 Å². The molecule has 0 aliphatic rings. The lowest BCUT2D eigenvalue weighted by molar-refractivity contribution is -0.123. The summed E-state index contributed by atoms with van der Waals surface area (Å²) < 4.78 is 5.01. The Bertz CT molecular complexity index is 518. The van der Waals surface area contributed by atoms with E-state index in [0.29, 0.717) is 6.42 Å². The van der Waals surface area contributed by atoms with Crippen LogP contribution in [0.5, 0.6) is 0 Å². The van der Waals surface area contributed by atoms with Crippen molar-refractivity contribution in [2.75, 3.05) is 0 Å². The van der Waals surface area contributed by atoms with E-state index < -0.39 is 23.8 Å². The zero-order valence-electron chi connectivity index (χ0n) is 10.5. The summed E-state index contributed by atoms with van der Waals surface area (Å²) in [6, 6.07) is 5.68. The van der Waals surface area contributed by atoms with Crippen LogP contribution in [0.25, 0.3) is 0 Å². The van der Waals surface area contributed by atoms with Crippen LogP contribution in [0, 0.1) is 0 Å². The van der Waals surface area contributed by atoms with Gasteiger partial charge in [0.2, 0.25) is 0 Å². The average molecular weight is 262 g/mol. The molecule has 0 radical (unpaired) electrons. The highest BCUT2D eigenvalue weighted by atomic mass is 16.5. The third-order valence-electron chi connectivity index (χ3n) is 2.52. The van der Waals surface area contributed by atoms with Crippen molar-refractivity contribution in [1.29, 1.82) is 0 Å². The fourth-order valence-electron chi connectivity index (χ4n) is 1.51. The van der Waals surface area contributed by atoms with Crippen LogP contribution in [-0.2, 0) is 9.53 Å². The molecular weight excluding hydrogens is 248 g/mol. The minimum Gasteiger partial charge on any atom is -0.478 e. The monoisotopic (exact) mass is 262 g/mol. The molecule has 0 saturated carbocycles. The third kappa shape index (κ3) is 3.51. The largest absolute Gasteiger partial charge is 0.478 e. The van der Waals surface area contributed by atoms with E-state index >= 15 is 0 Å². The maximum absolute atomic E-state index is 11.9. The summed E-state index contributed by atoms with van der Waals surface area (Å²) in [7, 11) is 0. The Kier molecular flexibility index (Phi) is 5.00. The first-order valence-electron chi connectivity index (χ1n) is 5.70. The van der Waals surface area contributed by atoms with Crippen LogP contribution in [-0.4, -0.2) is 28.9 Å². The standard InChI is InChI=1S/C14H14O5/c1-3-11(15)12(4-2)19-14(18)10-8-6-5-7-9(10)13(16)17/h3,5-8,12H,1,4H2,2H3,(H,16,17). The Labute approximate surface area is 110 Å². The molecular formula is C14H14O5. The van der Waals surface area contributed by atoms with E-state index in [4.69, 9.17) is 9.84 Å². The number of carboxylic acids is 1. The number of ether oxygens (including phenoxy) is 1. The fraction of sp³-hybridized carbons (Fsp3) is 0.214. The van der Waals surface area contributed by atoms with Crippen molar-refractivity contribution in [1.82, 2.24) is 0 Å². The Morgan fingerprint density at radius 2 is 1.89 bits per heavy atom. The van der Waals surface area contributed by atoms with Gasteiger partial charge in [0.1, 0.15) is 0 Å². The molecule has 19 heavy (non-hydrogen) atoms.